The van der Waals surface area contributed by atoms with Crippen molar-refractivity contribution in [2.75, 3.05) is 13.2 Å². The van der Waals surface area contributed by atoms with Gasteiger partial charge in [0.05, 0.1) is 12.2 Å². The zero-order chi connectivity index (χ0) is 14.4. The summed E-state index contributed by atoms with van der Waals surface area (Å²) >= 11 is 0. The van der Waals surface area contributed by atoms with Crippen LogP contribution in [0.5, 0.6) is 5.75 Å². The lowest BCUT2D eigenvalue weighted by molar-refractivity contribution is 0.108. The van der Waals surface area contributed by atoms with Crippen molar-refractivity contribution >= 4 is 0 Å². The lowest BCUT2D eigenvalue weighted by Crippen LogP contribution is -2.28. The van der Waals surface area contributed by atoms with E-state index in [0.717, 1.165) is 25.3 Å². The van der Waals surface area contributed by atoms with Crippen molar-refractivity contribution in [2.24, 2.45) is 0 Å². The second kappa shape index (κ2) is 7.65. The summed E-state index contributed by atoms with van der Waals surface area (Å²) in [6, 6.07) is 8.75. The van der Waals surface area contributed by atoms with Crippen LogP contribution in [0.3, 0.4) is 0 Å². The molecular formula is C17H27NO2. The van der Waals surface area contributed by atoms with Crippen LogP contribution in [0.4, 0.5) is 0 Å². The molecule has 2 rings (SSSR count). The SMILES string of the molecule is CC[C@H](C)Oc1ccc([C@@H](C)NC[C@@H]2CCCO2)cc1. The fraction of sp³-hybridized carbons (Fsp3) is 0.647. The molecule has 20 heavy (non-hydrogen) atoms. The van der Waals surface area contributed by atoms with Gasteiger partial charge in [-0.3, -0.25) is 0 Å². The molecule has 1 saturated heterocycles. The molecule has 1 fully saturated rings. The molecule has 1 aromatic rings. The highest BCUT2D eigenvalue weighted by Crippen LogP contribution is 2.20. The largest absolute Gasteiger partial charge is 0.491 e. The van der Waals surface area contributed by atoms with Gasteiger partial charge in [0.2, 0.25) is 0 Å². The van der Waals surface area contributed by atoms with Crippen LogP contribution >= 0.6 is 0 Å². The number of hydrogen-bond donors (Lipinski definition) is 1. The van der Waals surface area contributed by atoms with E-state index in [1.807, 2.05) is 0 Å². The van der Waals surface area contributed by atoms with E-state index in [1.165, 1.54) is 18.4 Å². The Morgan fingerprint density at radius 2 is 2.05 bits per heavy atom. The molecule has 0 radical (unpaired) electrons. The average Bonchev–Trinajstić information content (AvgIpc) is 2.98. The van der Waals surface area contributed by atoms with Crippen LogP contribution in [-0.4, -0.2) is 25.4 Å². The molecule has 1 heterocycles. The van der Waals surface area contributed by atoms with Gasteiger partial charge in [-0.15, -0.1) is 0 Å². The molecule has 1 aliphatic heterocycles. The van der Waals surface area contributed by atoms with E-state index in [4.69, 9.17) is 9.47 Å². The van der Waals surface area contributed by atoms with Gasteiger partial charge < -0.3 is 14.8 Å². The minimum absolute atomic E-state index is 0.274. The quantitative estimate of drug-likeness (QED) is 0.824. The summed E-state index contributed by atoms with van der Waals surface area (Å²) in [6.45, 7) is 8.28. The number of hydrogen-bond acceptors (Lipinski definition) is 3. The van der Waals surface area contributed by atoms with Crippen LogP contribution in [0.1, 0.15) is 51.6 Å². The summed E-state index contributed by atoms with van der Waals surface area (Å²) in [4.78, 5) is 0. The van der Waals surface area contributed by atoms with E-state index in [2.05, 4.69) is 50.4 Å². The highest BCUT2D eigenvalue weighted by atomic mass is 16.5. The molecule has 0 amide bonds. The molecule has 0 saturated carbocycles. The topological polar surface area (TPSA) is 30.5 Å². The van der Waals surface area contributed by atoms with Gasteiger partial charge in [0.25, 0.3) is 0 Å². The van der Waals surface area contributed by atoms with E-state index in [9.17, 15) is 0 Å². The molecule has 112 valence electrons. The number of benzene rings is 1. The average molecular weight is 277 g/mol. The summed E-state index contributed by atoms with van der Waals surface area (Å²) in [7, 11) is 0. The van der Waals surface area contributed by atoms with Gasteiger partial charge in [0.15, 0.2) is 0 Å². The van der Waals surface area contributed by atoms with E-state index in [1.54, 1.807) is 0 Å². The maximum absolute atomic E-state index is 5.80. The lowest BCUT2D eigenvalue weighted by Gasteiger charge is -2.18. The van der Waals surface area contributed by atoms with Crippen molar-refractivity contribution < 1.29 is 9.47 Å². The van der Waals surface area contributed by atoms with Crippen LogP contribution in [0, 0.1) is 0 Å². The van der Waals surface area contributed by atoms with Crippen molar-refractivity contribution in [3.63, 3.8) is 0 Å². The molecule has 3 nitrogen and oxygen atoms in total. The first kappa shape index (κ1) is 15.3. The predicted molar refractivity (Wildman–Crippen MR) is 82.2 cm³/mol. The molecule has 1 aromatic carbocycles. The highest BCUT2D eigenvalue weighted by molar-refractivity contribution is 5.29. The van der Waals surface area contributed by atoms with Crippen molar-refractivity contribution in [1.29, 1.82) is 0 Å². The summed E-state index contributed by atoms with van der Waals surface area (Å²) in [5.74, 6) is 0.953. The molecule has 3 heteroatoms. The minimum atomic E-state index is 0.274. The Balaban J connectivity index is 1.81. The number of ether oxygens (including phenoxy) is 2. The van der Waals surface area contributed by atoms with Gasteiger partial charge >= 0.3 is 0 Å². The van der Waals surface area contributed by atoms with Crippen molar-refractivity contribution in [1.82, 2.24) is 5.32 Å². The fourth-order valence-corrected chi connectivity index (χ4v) is 2.38. The first-order valence-corrected chi connectivity index (χ1v) is 7.80. The molecule has 1 N–H and O–H groups in total. The zero-order valence-electron chi connectivity index (χ0n) is 12.9. The molecule has 0 bridgehead atoms. The predicted octanol–water partition coefficient (Wildman–Crippen LogP) is 3.69. The van der Waals surface area contributed by atoms with Crippen molar-refractivity contribution in [2.45, 2.75) is 58.3 Å². The van der Waals surface area contributed by atoms with Crippen molar-refractivity contribution in [3.8, 4) is 5.75 Å². The number of nitrogens with one attached hydrogen (secondary N) is 1. The van der Waals surface area contributed by atoms with Gasteiger partial charge in [0.1, 0.15) is 5.75 Å². The van der Waals surface area contributed by atoms with Gasteiger partial charge in [-0.1, -0.05) is 19.1 Å². The van der Waals surface area contributed by atoms with Crippen LogP contribution in [0.2, 0.25) is 0 Å². The Morgan fingerprint density at radius 3 is 2.65 bits per heavy atom. The number of rotatable bonds is 7. The molecular weight excluding hydrogens is 250 g/mol. The first-order valence-electron chi connectivity index (χ1n) is 7.80. The Kier molecular flexibility index (Phi) is 5.86. The van der Waals surface area contributed by atoms with E-state index in [0.29, 0.717) is 12.1 Å². The standard InChI is InChI=1S/C17H27NO2/c1-4-13(2)20-16-9-7-15(8-10-16)14(3)18-12-17-6-5-11-19-17/h7-10,13-14,17-18H,4-6,11-12H2,1-3H3/t13-,14+,17-/m0/s1. The monoisotopic (exact) mass is 277 g/mol. The van der Waals surface area contributed by atoms with Crippen molar-refractivity contribution in [3.05, 3.63) is 29.8 Å². The minimum Gasteiger partial charge on any atom is -0.491 e. The smallest absolute Gasteiger partial charge is 0.119 e. The third-order valence-electron chi connectivity index (χ3n) is 3.97. The fourth-order valence-electron chi connectivity index (χ4n) is 2.38. The summed E-state index contributed by atoms with van der Waals surface area (Å²) < 4.78 is 11.4. The first-order chi connectivity index (χ1) is 9.69. The van der Waals surface area contributed by atoms with Crippen LogP contribution in [0.25, 0.3) is 0 Å². The Bertz CT molecular complexity index is 384. The molecule has 0 unspecified atom stereocenters. The third kappa shape index (κ3) is 4.50. The second-order valence-electron chi connectivity index (χ2n) is 5.67. The van der Waals surface area contributed by atoms with E-state index >= 15 is 0 Å². The summed E-state index contributed by atoms with van der Waals surface area (Å²) in [6.07, 6.45) is 4.08. The maximum atomic E-state index is 5.80. The lowest BCUT2D eigenvalue weighted by atomic mass is 10.1. The second-order valence-corrected chi connectivity index (χ2v) is 5.67. The van der Waals surface area contributed by atoms with Gasteiger partial charge in [-0.25, -0.2) is 0 Å². The van der Waals surface area contributed by atoms with Gasteiger partial charge in [-0.2, -0.15) is 0 Å². The summed E-state index contributed by atoms with van der Waals surface area (Å²) in [5.41, 5.74) is 1.29. The van der Waals surface area contributed by atoms with Crippen LogP contribution in [-0.2, 0) is 4.74 Å². The van der Waals surface area contributed by atoms with E-state index < -0.39 is 0 Å². The van der Waals surface area contributed by atoms with Crippen LogP contribution in [0.15, 0.2) is 24.3 Å². The normalized spacial score (nSPS) is 21.6. The maximum Gasteiger partial charge on any atom is 0.119 e. The van der Waals surface area contributed by atoms with Gasteiger partial charge in [0, 0.05) is 19.2 Å². The molecule has 1 aliphatic rings. The molecule has 0 aliphatic carbocycles. The summed E-state index contributed by atoms with van der Waals surface area (Å²) in [5, 5.41) is 3.55. The molecule has 0 spiro atoms. The Labute approximate surface area is 122 Å². The third-order valence-corrected chi connectivity index (χ3v) is 3.97. The highest BCUT2D eigenvalue weighted by Gasteiger charge is 2.16. The molecule has 0 aromatic heterocycles. The Hall–Kier alpha value is -1.06. The zero-order valence-corrected chi connectivity index (χ0v) is 12.9. The van der Waals surface area contributed by atoms with Crippen LogP contribution < -0.4 is 10.1 Å². The van der Waals surface area contributed by atoms with E-state index in [-0.39, 0.29) is 6.10 Å². The molecule has 3 atom stereocenters. The Morgan fingerprint density at radius 1 is 1.30 bits per heavy atom. The van der Waals surface area contributed by atoms with Gasteiger partial charge in [-0.05, 0) is 50.8 Å².